The molecule has 6 heteroatoms. The summed E-state index contributed by atoms with van der Waals surface area (Å²) in [5, 5.41) is 9.21. The number of anilines is 2. The van der Waals surface area contributed by atoms with Gasteiger partial charge in [-0.05, 0) is 18.1 Å². The first-order chi connectivity index (χ1) is 13.1. The van der Waals surface area contributed by atoms with Gasteiger partial charge in [-0.15, -0.1) is 0 Å². The van der Waals surface area contributed by atoms with Crippen LogP contribution in [0.1, 0.15) is 23.9 Å². The summed E-state index contributed by atoms with van der Waals surface area (Å²) < 4.78 is 0. The van der Waals surface area contributed by atoms with Gasteiger partial charge in [-0.25, -0.2) is 9.97 Å². The van der Waals surface area contributed by atoms with E-state index in [1.165, 1.54) is 11.1 Å². The lowest BCUT2D eigenvalue weighted by molar-refractivity contribution is 0.249. The molecular formula is C21H31N5O. The van der Waals surface area contributed by atoms with Crippen LogP contribution in [0.4, 0.5) is 11.6 Å². The van der Waals surface area contributed by atoms with E-state index in [0.717, 1.165) is 56.6 Å². The van der Waals surface area contributed by atoms with Gasteiger partial charge in [0, 0.05) is 58.8 Å². The van der Waals surface area contributed by atoms with Gasteiger partial charge in [0.25, 0.3) is 0 Å². The van der Waals surface area contributed by atoms with Crippen molar-refractivity contribution in [2.45, 2.75) is 26.8 Å². The molecule has 0 unspecified atom stereocenters. The first kappa shape index (κ1) is 19.6. The van der Waals surface area contributed by atoms with Crippen molar-refractivity contribution in [3.8, 4) is 0 Å². The zero-order valence-electron chi connectivity index (χ0n) is 16.7. The van der Waals surface area contributed by atoms with Crippen molar-refractivity contribution in [1.82, 2.24) is 14.9 Å². The summed E-state index contributed by atoms with van der Waals surface area (Å²) in [6.45, 7) is 9.96. The Kier molecular flexibility index (Phi) is 6.63. The summed E-state index contributed by atoms with van der Waals surface area (Å²) in [4.78, 5) is 16.2. The molecule has 27 heavy (non-hydrogen) atoms. The molecule has 1 aliphatic rings. The highest BCUT2D eigenvalue weighted by Crippen LogP contribution is 2.21. The third-order valence-electron chi connectivity index (χ3n) is 5.24. The van der Waals surface area contributed by atoms with E-state index in [1.807, 2.05) is 18.0 Å². The number of rotatable bonds is 7. The van der Waals surface area contributed by atoms with E-state index in [0.29, 0.717) is 6.54 Å². The topological polar surface area (TPSA) is 55.7 Å². The Balaban J connectivity index is 1.66. The molecule has 1 N–H and O–H groups in total. The number of nitrogens with zero attached hydrogens (tertiary/aromatic N) is 5. The van der Waals surface area contributed by atoms with Crippen LogP contribution in [0.3, 0.4) is 0 Å². The number of aryl methyl sites for hydroxylation is 2. The van der Waals surface area contributed by atoms with Crippen LogP contribution in [-0.4, -0.2) is 66.4 Å². The SMILES string of the molecule is CCc1nc(N(C)CCO)cc(N2CCN(Cc3ccccc3C)CC2)n1. The lowest BCUT2D eigenvalue weighted by Gasteiger charge is -2.36. The standard InChI is InChI=1S/C21H31N5O/c1-4-19-22-20(24(3)13-14-27)15-21(23-19)26-11-9-25(10-12-26)16-18-8-6-5-7-17(18)2/h5-8,15,27H,4,9-14,16H2,1-3H3. The van der Waals surface area contributed by atoms with Crippen molar-refractivity contribution < 1.29 is 5.11 Å². The predicted octanol–water partition coefficient (Wildman–Crippen LogP) is 2.10. The molecule has 1 aliphatic heterocycles. The number of likely N-dealkylation sites (N-methyl/N-ethyl adjacent to an activating group) is 1. The highest BCUT2D eigenvalue weighted by atomic mass is 16.3. The number of aromatic nitrogens is 2. The fraction of sp³-hybridized carbons (Fsp3) is 0.524. The minimum Gasteiger partial charge on any atom is -0.395 e. The van der Waals surface area contributed by atoms with Crippen molar-refractivity contribution in [3.05, 3.63) is 47.3 Å². The molecule has 2 heterocycles. The fourth-order valence-corrected chi connectivity index (χ4v) is 3.41. The maximum absolute atomic E-state index is 9.21. The number of hydrogen-bond donors (Lipinski definition) is 1. The van der Waals surface area contributed by atoms with Gasteiger partial charge in [-0.1, -0.05) is 31.2 Å². The Morgan fingerprint density at radius 3 is 2.52 bits per heavy atom. The van der Waals surface area contributed by atoms with Crippen molar-refractivity contribution in [1.29, 1.82) is 0 Å². The number of hydrogen-bond acceptors (Lipinski definition) is 6. The normalized spacial score (nSPS) is 15.2. The summed E-state index contributed by atoms with van der Waals surface area (Å²) in [6, 6.07) is 10.7. The molecule has 0 atom stereocenters. The maximum atomic E-state index is 9.21. The van der Waals surface area contributed by atoms with E-state index in [9.17, 15) is 5.11 Å². The van der Waals surface area contributed by atoms with Gasteiger partial charge in [0.2, 0.25) is 0 Å². The van der Waals surface area contributed by atoms with Gasteiger partial charge in [-0.3, -0.25) is 4.90 Å². The Labute approximate surface area is 162 Å². The summed E-state index contributed by atoms with van der Waals surface area (Å²) in [5.41, 5.74) is 2.77. The lowest BCUT2D eigenvalue weighted by atomic mass is 10.1. The zero-order chi connectivity index (χ0) is 19.2. The average Bonchev–Trinajstić information content (AvgIpc) is 2.70. The van der Waals surface area contributed by atoms with E-state index in [1.54, 1.807) is 0 Å². The van der Waals surface area contributed by atoms with E-state index < -0.39 is 0 Å². The number of piperazine rings is 1. The van der Waals surface area contributed by atoms with Crippen molar-refractivity contribution in [3.63, 3.8) is 0 Å². The summed E-state index contributed by atoms with van der Waals surface area (Å²) in [7, 11) is 1.96. The molecule has 146 valence electrons. The highest BCUT2D eigenvalue weighted by Gasteiger charge is 2.20. The number of aliphatic hydroxyl groups is 1. The predicted molar refractivity (Wildman–Crippen MR) is 110 cm³/mol. The van der Waals surface area contributed by atoms with Crippen LogP contribution in [0.2, 0.25) is 0 Å². The van der Waals surface area contributed by atoms with Crippen LogP contribution in [0.5, 0.6) is 0 Å². The molecule has 1 fully saturated rings. The minimum atomic E-state index is 0.120. The molecule has 0 amide bonds. The van der Waals surface area contributed by atoms with Gasteiger partial charge in [0.15, 0.2) is 0 Å². The quantitative estimate of drug-likeness (QED) is 0.807. The summed E-state index contributed by atoms with van der Waals surface area (Å²) in [6.07, 6.45) is 0.807. The van der Waals surface area contributed by atoms with Gasteiger partial charge < -0.3 is 14.9 Å². The Morgan fingerprint density at radius 1 is 1.11 bits per heavy atom. The Bertz CT molecular complexity index is 743. The van der Waals surface area contributed by atoms with Crippen LogP contribution in [-0.2, 0) is 13.0 Å². The first-order valence-electron chi connectivity index (χ1n) is 9.82. The molecule has 1 aromatic heterocycles. The fourth-order valence-electron chi connectivity index (χ4n) is 3.41. The van der Waals surface area contributed by atoms with Crippen LogP contribution in [0, 0.1) is 6.92 Å². The summed E-state index contributed by atoms with van der Waals surface area (Å²) in [5.74, 6) is 2.74. The molecule has 0 bridgehead atoms. The highest BCUT2D eigenvalue weighted by molar-refractivity contribution is 5.51. The molecular weight excluding hydrogens is 338 g/mol. The molecule has 1 aromatic carbocycles. The van der Waals surface area contributed by atoms with Crippen molar-refractivity contribution in [2.75, 3.05) is 56.2 Å². The molecule has 0 spiro atoms. The Morgan fingerprint density at radius 2 is 1.85 bits per heavy atom. The smallest absolute Gasteiger partial charge is 0.134 e. The van der Waals surface area contributed by atoms with Crippen LogP contribution in [0.25, 0.3) is 0 Å². The van der Waals surface area contributed by atoms with Crippen LogP contribution < -0.4 is 9.80 Å². The van der Waals surface area contributed by atoms with Gasteiger partial charge in [0.1, 0.15) is 17.5 Å². The second-order valence-electron chi connectivity index (χ2n) is 7.19. The molecule has 0 saturated carbocycles. The Hall–Kier alpha value is -2.18. The van der Waals surface area contributed by atoms with E-state index >= 15 is 0 Å². The summed E-state index contributed by atoms with van der Waals surface area (Å²) >= 11 is 0. The zero-order valence-corrected chi connectivity index (χ0v) is 16.7. The van der Waals surface area contributed by atoms with Crippen LogP contribution >= 0.6 is 0 Å². The van der Waals surface area contributed by atoms with Gasteiger partial charge in [0.05, 0.1) is 6.61 Å². The van der Waals surface area contributed by atoms with Crippen molar-refractivity contribution >= 4 is 11.6 Å². The molecule has 3 rings (SSSR count). The second kappa shape index (κ2) is 9.15. The lowest BCUT2D eigenvalue weighted by Crippen LogP contribution is -2.46. The first-order valence-corrected chi connectivity index (χ1v) is 9.82. The molecule has 0 radical (unpaired) electrons. The average molecular weight is 370 g/mol. The van der Waals surface area contributed by atoms with E-state index in [2.05, 4.69) is 52.9 Å². The van der Waals surface area contributed by atoms with Gasteiger partial charge in [-0.2, -0.15) is 0 Å². The third-order valence-corrected chi connectivity index (χ3v) is 5.24. The van der Waals surface area contributed by atoms with E-state index in [4.69, 9.17) is 4.98 Å². The monoisotopic (exact) mass is 369 g/mol. The van der Waals surface area contributed by atoms with Crippen LogP contribution in [0.15, 0.2) is 30.3 Å². The number of benzene rings is 1. The molecule has 6 nitrogen and oxygen atoms in total. The van der Waals surface area contributed by atoms with E-state index in [-0.39, 0.29) is 6.61 Å². The molecule has 0 aliphatic carbocycles. The van der Waals surface area contributed by atoms with Crippen molar-refractivity contribution in [2.24, 2.45) is 0 Å². The number of aliphatic hydroxyl groups excluding tert-OH is 1. The third kappa shape index (κ3) is 4.96. The maximum Gasteiger partial charge on any atom is 0.134 e. The second-order valence-corrected chi connectivity index (χ2v) is 7.19. The largest absolute Gasteiger partial charge is 0.395 e. The molecule has 2 aromatic rings. The van der Waals surface area contributed by atoms with Gasteiger partial charge >= 0.3 is 0 Å². The minimum absolute atomic E-state index is 0.120. The molecule has 1 saturated heterocycles.